The Morgan fingerprint density at radius 1 is 1.24 bits per heavy atom. The summed E-state index contributed by atoms with van der Waals surface area (Å²) in [6.45, 7) is 5.60. The number of hydrogen-bond acceptors (Lipinski definition) is 4. The van der Waals surface area contributed by atoms with Gasteiger partial charge in [0, 0.05) is 30.4 Å². The van der Waals surface area contributed by atoms with Gasteiger partial charge >= 0.3 is 0 Å². The lowest BCUT2D eigenvalue weighted by molar-refractivity contribution is 0.0921. The molecule has 0 saturated carbocycles. The number of carbonyl (C=O) groups excluding carboxylic acids is 1. The molecule has 1 amide bonds. The molecule has 2 aromatic rings. The fourth-order valence-electron chi connectivity index (χ4n) is 4.34. The molecule has 29 heavy (non-hydrogen) atoms. The summed E-state index contributed by atoms with van der Waals surface area (Å²) >= 11 is 1.67. The maximum absolute atomic E-state index is 13.1. The van der Waals surface area contributed by atoms with Gasteiger partial charge in [-0.1, -0.05) is 37.6 Å². The Morgan fingerprint density at radius 2 is 2.07 bits per heavy atom. The first-order valence-electron chi connectivity index (χ1n) is 10.6. The van der Waals surface area contributed by atoms with Crippen molar-refractivity contribution < 1.29 is 9.53 Å². The summed E-state index contributed by atoms with van der Waals surface area (Å²) in [5, 5.41) is 3.22. The van der Waals surface area contributed by atoms with Gasteiger partial charge in [-0.2, -0.15) is 0 Å². The first-order valence-corrected chi connectivity index (χ1v) is 11.8. The van der Waals surface area contributed by atoms with Crippen molar-refractivity contribution in [3.63, 3.8) is 0 Å². The highest BCUT2D eigenvalue weighted by atomic mass is 32.2. The fraction of sp³-hybridized carbons (Fsp3) is 0.458. The number of carbonyl (C=O) groups is 1. The summed E-state index contributed by atoms with van der Waals surface area (Å²) in [5.74, 6) is 0.755. The van der Waals surface area contributed by atoms with E-state index in [1.54, 1.807) is 11.8 Å². The molecular weight excluding hydrogens is 380 g/mol. The number of benzene rings is 2. The molecule has 1 atom stereocenters. The van der Waals surface area contributed by atoms with E-state index in [1.807, 2.05) is 12.3 Å². The minimum absolute atomic E-state index is 0.0200. The maximum Gasteiger partial charge on any atom is 0.255 e. The van der Waals surface area contributed by atoms with E-state index in [4.69, 9.17) is 4.74 Å². The number of fused-ring (bicyclic) bond motifs is 2. The zero-order valence-corrected chi connectivity index (χ0v) is 18.2. The summed E-state index contributed by atoms with van der Waals surface area (Å²) in [4.78, 5) is 16.7. The van der Waals surface area contributed by atoms with Gasteiger partial charge in [0.1, 0.15) is 5.75 Å². The van der Waals surface area contributed by atoms with Crippen molar-refractivity contribution in [1.29, 1.82) is 0 Å². The molecule has 0 aromatic heterocycles. The van der Waals surface area contributed by atoms with Crippen molar-refractivity contribution in [3.05, 3.63) is 58.7 Å². The van der Waals surface area contributed by atoms with Crippen LogP contribution in [0, 0.1) is 0 Å². The zero-order chi connectivity index (χ0) is 20.2. The molecule has 2 heterocycles. The highest BCUT2D eigenvalue weighted by Gasteiger charge is 2.27. The van der Waals surface area contributed by atoms with Gasteiger partial charge in [0.2, 0.25) is 0 Å². The highest BCUT2D eigenvalue weighted by molar-refractivity contribution is 7.98. The summed E-state index contributed by atoms with van der Waals surface area (Å²) in [7, 11) is 0. The second-order valence-corrected chi connectivity index (χ2v) is 8.80. The molecule has 0 unspecified atom stereocenters. The molecule has 154 valence electrons. The molecule has 2 aliphatic heterocycles. The van der Waals surface area contributed by atoms with E-state index in [0.717, 1.165) is 42.1 Å². The normalized spacial score (nSPS) is 18.1. The van der Waals surface area contributed by atoms with Crippen molar-refractivity contribution in [2.75, 3.05) is 26.0 Å². The molecular formula is C24H30N2O2S. The lowest BCUT2D eigenvalue weighted by Gasteiger charge is -2.37. The zero-order valence-electron chi connectivity index (χ0n) is 17.4. The van der Waals surface area contributed by atoms with Crippen LogP contribution in [0.25, 0.3) is 0 Å². The van der Waals surface area contributed by atoms with E-state index in [1.165, 1.54) is 24.0 Å². The van der Waals surface area contributed by atoms with Crippen molar-refractivity contribution in [3.8, 4) is 5.75 Å². The Hall–Kier alpha value is -1.98. The standard InChI is InChI=1S/C24H30N2O2S/c1-3-4-10-26-16-19-8-6-5-7-17(19)12-20(26)15-25-24(27)22-14-21(29-2)13-18-9-11-28-23(18)22/h5-8,13-14,20H,3-4,9-12,15-16H2,1-2H3,(H,25,27)/t20-/m0/s1. The third-order valence-electron chi connectivity index (χ3n) is 6.00. The van der Waals surface area contributed by atoms with Gasteiger partial charge in [-0.3, -0.25) is 9.69 Å². The topological polar surface area (TPSA) is 41.6 Å². The van der Waals surface area contributed by atoms with Gasteiger partial charge < -0.3 is 10.1 Å². The number of rotatable bonds is 7. The molecule has 4 nitrogen and oxygen atoms in total. The smallest absolute Gasteiger partial charge is 0.255 e. The number of unbranched alkanes of at least 4 members (excludes halogenated alkanes) is 1. The van der Waals surface area contributed by atoms with E-state index in [0.29, 0.717) is 24.8 Å². The predicted octanol–water partition coefficient (Wildman–Crippen LogP) is 4.30. The number of thioether (sulfide) groups is 1. The van der Waals surface area contributed by atoms with Crippen molar-refractivity contribution in [1.82, 2.24) is 10.2 Å². The van der Waals surface area contributed by atoms with E-state index in [2.05, 4.69) is 47.5 Å². The molecule has 0 spiro atoms. The average molecular weight is 411 g/mol. The largest absolute Gasteiger partial charge is 0.492 e. The summed E-state index contributed by atoms with van der Waals surface area (Å²) in [6, 6.07) is 13.1. The van der Waals surface area contributed by atoms with Crippen LogP contribution < -0.4 is 10.1 Å². The van der Waals surface area contributed by atoms with Gasteiger partial charge in [-0.05, 0) is 54.5 Å². The number of ether oxygens (including phenoxy) is 1. The van der Waals surface area contributed by atoms with Crippen molar-refractivity contribution >= 4 is 17.7 Å². The first kappa shape index (κ1) is 20.3. The second kappa shape index (κ2) is 9.23. The number of amides is 1. The predicted molar refractivity (Wildman–Crippen MR) is 119 cm³/mol. The minimum atomic E-state index is -0.0200. The first-order chi connectivity index (χ1) is 14.2. The average Bonchev–Trinajstić information content (AvgIpc) is 3.23. The van der Waals surface area contributed by atoms with Gasteiger partial charge in [-0.15, -0.1) is 11.8 Å². The van der Waals surface area contributed by atoms with E-state index >= 15 is 0 Å². The molecule has 0 radical (unpaired) electrons. The highest BCUT2D eigenvalue weighted by Crippen LogP contribution is 2.34. The van der Waals surface area contributed by atoms with Crippen LogP contribution in [0.1, 0.15) is 46.8 Å². The van der Waals surface area contributed by atoms with Crippen LogP contribution in [0.4, 0.5) is 0 Å². The Kier molecular flexibility index (Phi) is 6.46. The SMILES string of the molecule is CCCCN1Cc2ccccc2C[C@H]1CNC(=O)c1cc(SC)cc2c1OCC2. The molecule has 5 heteroatoms. The van der Waals surface area contributed by atoms with Crippen LogP contribution in [0.3, 0.4) is 0 Å². The molecule has 0 saturated heterocycles. The molecule has 0 fully saturated rings. The molecule has 1 N–H and O–H groups in total. The molecule has 2 aliphatic rings. The van der Waals surface area contributed by atoms with Crippen LogP contribution in [0.15, 0.2) is 41.3 Å². The summed E-state index contributed by atoms with van der Waals surface area (Å²) in [5.41, 5.74) is 4.66. The maximum atomic E-state index is 13.1. The Balaban J connectivity index is 1.49. The van der Waals surface area contributed by atoms with Gasteiger partial charge in [0.25, 0.3) is 5.91 Å². The lowest BCUT2D eigenvalue weighted by atomic mass is 9.93. The second-order valence-electron chi connectivity index (χ2n) is 7.92. The molecule has 2 aromatic carbocycles. The molecule has 0 aliphatic carbocycles. The molecule has 0 bridgehead atoms. The quantitative estimate of drug-likeness (QED) is 0.691. The number of nitrogens with one attached hydrogen (secondary N) is 1. The van der Waals surface area contributed by atoms with E-state index in [-0.39, 0.29) is 5.91 Å². The van der Waals surface area contributed by atoms with Gasteiger partial charge in [0.15, 0.2) is 0 Å². The third-order valence-corrected chi connectivity index (χ3v) is 6.71. The van der Waals surface area contributed by atoms with Crippen LogP contribution in [-0.4, -0.2) is 42.8 Å². The number of nitrogens with zero attached hydrogens (tertiary/aromatic N) is 1. The van der Waals surface area contributed by atoms with Crippen LogP contribution in [0.5, 0.6) is 5.75 Å². The fourth-order valence-corrected chi connectivity index (χ4v) is 4.83. The Morgan fingerprint density at radius 3 is 2.86 bits per heavy atom. The summed E-state index contributed by atoms with van der Waals surface area (Å²) < 4.78 is 5.78. The van der Waals surface area contributed by atoms with Crippen molar-refractivity contribution in [2.45, 2.75) is 50.1 Å². The lowest BCUT2D eigenvalue weighted by Crippen LogP contribution is -2.47. The van der Waals surface area contributed by atoms with Crippen LogP contribution in [-0.2, 0) is 19.4 Å². The van der Waals surface area contributed by atoms with Gasteiger partial charge in [-0.25, -0.2) is 0 Å². The van der Waals surface area contributed by atoms with Crippen LogP contribution >= 0.6 is 11.8 Å². The van der Waals surface area contributed by atoms with E-state index in [9.17, 15) is 4.79 Å². The Bertz CT molecular complexity index is 883. The van der Waals surface area contributed by atoms with Crippen LogP contribution in [0.2, 0.25) is 0 Å². The van der Waals surface area contributed by atoms with Crippen molar-refractivity contribution in [2.24, 2.45) is 0 Å². The monoisotopic (exact) mass is 410 g/mol. The summed E-state index contributed by atoms with van der Waals surface area (Å²) in [6.07, 6.45) is 6.28. The minimum Gasteiger partial charge on any atom is -0.492 e. The Labute approximate surface area is 178 Å². The van der Waals surface area contributed by atoms with Gasteiger partial charge in [0.05, 0.1) is 12.2 Å². The van der Waals surface area contributed by atoms with E-state index < -0.39 is 0 Å². The third kappa shape index (κ3) is 4.46. The number of hydrogen-bond donors (Lipinski definition) is 1. The molecule has 4 rings (SSSR count).